The molecule has 100 valence electrons. The van der Waals surface area contributed by atoms with Crippen molar-refractivity contribution in [2.75, 3.05) is 12.4 Å². The maximum Gasteiger partial charge on any atom is 0.354 e. The van der Waals surface area contributed by atoms with E-state index in [0.717, 1.165) is 0 Å². The summed E-state index contributed by atoms with van der Waals surface area (Å²) in [6.07, 6.45) is 0. The standard InChI is InChI=1S/C14H11N3O3/c1-20-11-6-2-4-9(8-15)13(11)17-12-7-3-5-10(16-12)14(18)19/h2-7H,1H3,(H,16,17)(H,18,19). The van der Waals surface area contributed by atoms with Crippen molar-refractivity contribution >= 4 is 17.5 Å². The number of carboxylic acids is 1. The SMILES string of the molecule is COc1cccc(C#N)c1Nc1cccc(C(=O)O)n1. The Morgan fingerprint density at radius 1 is 1.35 bits per heavy atom. The minimum atomic E-state index is -1.12. The van der Waals surface area contributed by atoms with E-state index < -0.39 is 5.97 Å². The maximum atomic E-state index is 10.9. The van der Waals surface area contributed by atoms with Crippen LogP contribution >= 0.6 is 0 Å². The molecule has 0 bridgehead atoms. The molecule has 0 saturated heterocycles. The zero-order valence-corrected chi connectivity index (χ0v) is 10.6. The highest BCUT2D eigenvalue weighted by Gasteiger charge is 2.11. The Bertz CT molecular complexity index is 692. The predicted molar refractivity (Wildman–Crippen MR) is 72.2 cm³/mol. The van der Waals surface area contributed by atoms with Gasteiger partial charge in [0.25, 0.3) is 0 Å². The van der Waals surface area contributed by atoms with Gasteiger partial charge >= 0.3 is 5.97 Å². The molecule has 0 unspecified atom stereocenters. The van der Waals surface area contributed by atoms with E-state index in [1.165, 1.54) is 13.2 Å². The lowest BCUT2D eigenvalue weighted by Crippen LogP contribution is -2.04. The van der Waals surface area contributed by atoms with Gasteiger partial charge in [-0.05, 0) is 24.3 Å². The van der Waals surface area contributed by atoms with Crippen molar-refractivity contribution in [3.63, 3.8) is 0 Å². The quantitative estimate of drug-likeness (QED) is 0.884. The smallest absolute Gasteiger partial charge is 0.354 e. The Labute approximate surface area is 115 Å². The Hall–Kier alpha value is -3.07. The number of carboxylic acid groups (broad SMARTS) is 1. The average molecular weight is 269 g/mol. The van der Waals surface area contributed by atoms with E-state index in [2.05, 4.69) is 10.3 Å². The van der Waals surface area contributed by atoms with Gasteiger partial charge in [-0.25, -0.2) is 9.78 Å². The molecule has 2 rings (SSSR count). The monoisotopic (exact) mass is 269 g/mol. The number of pyridine rings is 1. The Morgan fingerprint density at radius 3 is 2.75 bits per heavy atom. The van der Waals surface area contributed by atoms with Crippen molar-refractivity contribution in [3.05, 3.63) is 47.7 Å². The third-order valence-electron chi connectivity index (χ3n) is 2.59. The van der Waals surface area contributed by atoms with Crippen LogP contribution in [0.5, 0.6) is 5.75 Å². The number of nitriles is 1. The van der Waals surface area contributed by atoms with E-state index in [1.54, 1.807) is 30.3 Å². The van der Waals surface area contributed by atoms with Gasteiger partial charge < -0.3 is 15.2 Å². The number of rotatable bonds is 4. The summed E-state index contributed by atoms with van der Waals surface area (Å²) in [6.45, 7) is 0. The Morgan fingerprint density at radius 2 is 2.10 bits per heavy atom. The third-order valence-corrected chi connectivity index (χ3v) is 2.59. The highest BCUT2D eigenvalue weighted by molar-refractivity contribution is 5.86. The number of hydrogen-bond donors (Lipinski definition) is 2. The second-order valence-electron chi connectivity index (χ2n) is 3.83. The second kappa shape index (κ2) is 5.71. The van der Waals surface area contributed by atoms with Crippen molar-refractivity contribution in [2.24, 2.45) is 0 Å². The minimum absolute atomic E-state index is 0.0802. The first kappa shape index (κ1) is 13.4. The molecule has 0 spiro atoms. The molecule has 0 aliphatic rings. The fraction of sp³-hybridized carbons (Fsp3) is 0.0714. The number of hydrogen-bond acceptors (Lipinski definition) is 5. The number of methoxy groups -OCH3 is 1. The molecule has 1 aromatic heterocycles. The van der Waals surface area contributed by atoms with Crippen molar-refractivity contribution < 1.29 is 14.6 Å². The number of benzene rings is 1. The summed E-state index contributed by atoms with van der Waals surface area (Å²) in [7, 11) is 1.49. The number of nitrogens with zero attached hydrogens (tertiary/aromatic N) is 2. The molecule has 6 nitrogen and oxygen atoms in total. The van der Waals surface area contributed by atoms with Crippen LogP contribution in [0.15, 0.2) is 36.4 Å². The summed E-state index contributed by atoms with van der Waals surface area (Å²) in [4.78, 5) is 14.8. The first-order valence-corrected chi connectivity index (χ1v) is 5.70. The van der Waals surface area contributed by atoms with E-state index in [4.69, 9.17) is 15.1 Å². The van der Waals surface area contributed by atoms with E-state index in [0.29, 0.717) is 22.8 Å². The van der Waals surface area contributed by atoms with E-state index in [1.807, 2.05) is 6.07 Å². The molecule has 0 atom stereocenters. The summed E-state index contributed by atoms with van der Waals surface area (Å²) < 4.78 is 5.18. The Balaban J connectivity index is 2.42. The number of para-hydroxylation sites is 1. The highest BCUT2D eigenvalue weighted by Crippen LogP contribution is 2.30. The normalized spacial score (nSPS) is 9.60. The van der Waals surface area contributed by atoms with Gasteiger partial charge in [0.15, 0.2) is 5.69 Å². The van der Waals surface area contributed by atoms with Gasteiger partial charge in [0.05, 0.1) is 12.7 Å². The lowest BCUT2D eigenvalue weighted by molar-refractivity contribution is 0.0690. The van der Waals surface area contributed by atoms with Crippen molar-refractivity contribution in [1.82, 2.24) is 4.98 Å². The molecule has 0 aliphatic heterocycles. The van der Waals surface area contributed by atoms with E-state index in [-0.39, 0.29) is 5.69 Å². The molecule has 0 saturated carbocycles. The van der Waals surface area contributed by atoms with Gasteiger partial charge in [0, 0.05) is 0 Å². The maximum absolute atomic E-state index is 10.9. The van der Waals surface area contributed by atoms with E-state index >= 15 is 0 Å². The van der Waals surface area contributed by atoms with Crippen molar-refractivity contribution in [1.29, 1.82) is 5.26 Å². The molecule has 2 aromatic rings. The molecule has 0 aliphatic carbocycles. The largest absolute Gasteiger partial charge is 0.495 e. The van der Waals surface area contributed by atoms with Gasteiger partial charge in [-0.1, -0.05) is 12.1 Å². The molecule has 6 heteroatoms. The summed E-state index contributed by atoms with van der Waals surface area (Å²) in [5.41, 5.74) is 0.753. The van der Waals surface area contributed by atoms with Crippen LogP contribution in [-0.4, -0.2) is 23.2 Å². The van der Waals surface area contributed by atoms with Crippen LogP contribution < -0.4 is 10.1 Å². The van der Waals surface area contributed by atoms with Gasteiger partial charge in [0.2, 0.25) is 0 Å². The lowest BCUT2D eigenvalue weighted by Gasteiger charge is -2.12. The molecule has 2 N–H and O–H groups in total. The summed E-state index contributed by atoms with van der Waals surface area (Å²) in [5.74, 6) is -0.313. The topological polar surface area (TPSA) is 95.2 Å². The van der Waals surface area contributed by atoms with Crippen molar-refractivity contribution in [2.45, 2.75) is 0 Å². The van der Waals surface area contributed by atoms with Gasteiger partial charge in [0.1, 0.15) is 23.3 Å². The van der Waals surface area contributed by atoms with Gasteiger partial charge in [-0.3, -0.25) is 0 Å². The number of nitrogens with one attached hydrogen (secondary N) is 1. The lowest BCUT2D eigenvalue weighted by atomic mass is 10.1. The zero-order valence-electron chi connectivity index (χ0n) is 10.6. The number of anilines is 2. The molecule has 1 heterocycles. The summed E-state index contributed by atoms with van der Waals surface area (Å²) >= 11 is 0. The summed E-state index contributed by atoms with van der Waals surface area (Å²) in [5, 5.41) is 20.9. The van der Waals surface area contributed by atoms with Gasteiger partial charge in [-0.15, -0.1) is 0 Å². The third kappa shape index (κ3) is 2.67. The average Bonchev–Trinajstić information content (AvgIpc) is 2.47. The molecule has 20 heavy (non-hydrogen) atoms. The van der Waals surface area contributed by atoms with Crippen molar-refractivity contribution in [3.8, 4) is 11.8 Å². The molecular weight excluding hydrogens is 258 g/mol. The zero-order chi connectivity index (χ0) is 14.5. The van der Waals surface area contributed by atoms with Crippen LogP contribution in [0.4, 0.5) is 11.5 Å². The number of ether oxygens (including phenoxy) is 1. The fourth-order valence-electron chi connectivity index (χ4n) is 1.67. The number of aromatic nitrogens is 1. The van der Waals surface area contributed by atoms with Crippen LogP contribution in [0.25, 0.3) is 0 Å². The van der Waals surface area contributed by atoms with Crippen LogP contribution in [0.1, 0.15) is 16.1 Å². The Kier molecular flexibility index (Phi) is 3.82. The fourth-order valence-corrected chi connectivity index (χ4v) is 1.67. The van der Waals surface area contributed by atoms with Crippen LogP contribution in [-0.2, 0) is 0 Å². The molecule has 1 aromatic carbocycles. The molecular formula is C14H11N3O3. The van der Waals surface area contributed by atoms with Gasteiger partial charge in [-0.2, -0.15) is 5.26 Å². The number of aromatic carboxylic acids is 1. The first-order valence-electron chi connectivity index (χ1n) is 5.70. The van der Waals surface area contributed by atoms with E-state index in [9.17, 15) is 4.79 Å². The predicted octanol–water partition coefficient (Wildman–Crippen LogP) is 2.40. The molecule has 0 fully saturated rings. The molecule has 0 radical (unpaired) electrons. The second-order valence-corrected chi connectivity index (χ2v) is 3.83. The first-order chi connectivity index (χ1) is 9.65. The van der Waals surface area contributed by atoms with Crippen LogP contribution in [0, 0.1) is 11.3 Å². The molecule has 0 amide bonds. The minimum Gasteiger partial charge on any atom is -0.495 e. The van der Waals surface area contributed by atoms with Crippen LogP contribution in [0.2, 0.25) is 0 Å². The summed E-state index contributed by atoms with van der Waals surface area (Å²) in [6, 6.07) is 11.6. The highest BCUT2D eigenvalue weighted by atomic mass is 16.5. The number of carbonyl (C=O) groups is 1. The van der Waals surface area contributed by atoms with Crippen LogP contribution in [0.3, 0.4) is 0 Å².